The molecule has 0 spiro atoms. The molecule has 2 aliphatic heterocycles. The van der Waals surface area contributed by atoms with E-state index >= 15 is 0 Å². The maximum absolute atomic E-state index is 12.2. The third-order valence-electron chi connectivity index (χ3n) is 3.81. The number of thioether (sulfide) groups is 2. The minimum Gasteiger partial charge on any atom is -0.326 e. The van der Waals surface area contributed by atoms with E-state index in [-0.39, 0.29) is 23.5 Å². The minimum atomic E-state index is -0.583. The maximum atomic E-state index is 12.2. The zero-order valence-electron chi connectivity index (χ0n) is 15.5. The molecular weight excluding hydrogens is 398 g/mol. The topological polar surface area (TPSA) is 112 Å². The maximum Gasteiger partial charge on any atom is 0.289 e. The van der Waals surface area contributed by atoms with Crippen LogP contribution >= 0.6 is 23.5 Å². The third kappa shape index (κ3) is 5.02. The first kappa shape index (κ1) is 20.2. The summed E-state index contributed by atoms with van der Waals surface area (Å²) in [4.78, 5) is 36.6. The van der Waals surface area contributed by atoms with Gasteiger partial charge in [-0.3, -0.25) is 19.7 Å². The standard InChI is InChI=1S/C18H19N5O3S2/c1-9(2)14-15(20-18(26)28-14)22-23-17-21-16(25)12(27-17)8-13(24)19-11-6-4-10(3)5-7-11/h4-7,12H,8H2,1-3H3,(H,19,24)(H,20,22,26)(H,21,23,25). The Morgan fingerprint density at radius 2 is 1.86 bits per heavy atom. The lowest BCUT2D eigenvalue weighted by atomic mass is 10.2. The summed E-state index contributed by atoms with van der Waals surface area (Å²) in [6.45, 7) is 5.71. The highest BCUT2D eigenvalue weighted by Crippen LogP contribution is 2.28. The van der Waals surface area contributed by atoms with Crippen LogP contribution in [0, 0.1) is 6.92 Å². The molecule has 2 fully saturated rings. The van der Waals surface area contributed by atoms with Crippen molar-refractivity contribution in [2.45, 2.75) is 32.4 Å². The molecule has 1 unspecified atom stereocenters. The fraction of sp³-hybridized carbons (Fsp3) is 0.278. The first-order chi connectivity index (χ1) is 13.3. The Kier molecular flexibility index (Phi) is 6.20. The summed E-state index contributed by atoms with van der Waals surface area (Å²) in [5.41, 5.74) is 2.72. The molecule has 0 saturated carbocycles. The van der Waals surface area contributed by atoms with E-state index in [0.29, 0.717) is 16.7 Å². The zero-order valence-corrected chi connectivity index (χ0v) is 17.2. The molecule has 1 atom stereocenters. The quantitative estimate of drug-likeness (QED) is 0.652. The second-order valence-corrected chi connectivity index (χ2v) is 8.59. The molecule has 2 aliphatic rings. The largest absolute Gasteiger partial charge is 0.326 e. The fourth-order valence-corrected chi connectivity index (χ4v) is 4.07. The Morgan fingerprint density at radius 1 is 1.14 bits per heavy atom. The zero-order chi connectivity index (χ0) is 20.3. The van der Waals surface area contributed by atoms with Crippen molar-refractivity contribution >= 4 is 57.3 Å². The van der Waals surface area contributed by atoms with E-state index < -0.39 is 5.25 Å². The van der Waals surface area contributed by atoms with E-state index in [0.717, 1.165) is 39.6 Å². The Balaban J connectivity index is 1.61. The SMILES string of the molecule is CC(C)=C1SC(=O)N/C1=N/N=C1\NC(=O)C(CC(=O)Nc2ccc(C)cc2)S1. The van der Waals surface area contributed by atoms with E-state index in [9.17, 15) is 14.4 Å². The Morgan fingerprint density at radius 3 is 2.54 bits per heavy atom. The number of aryl methyl sites for hydroxylation is 1. The molecule has 2 heterocycles. The number of allylic oxidation sites excluding steroid dienone is 1. The number of nitrogens with one attached hydrogen (secondary N) is 3. The monoisotopic (exact) mass is 417 g/mol. The smallest absolute Gasteiger partial charge is 0.289 e. The molecule has 2 saturated heterocycles. The van der Waals surface area contributed by atoms with Crippen molar-refractivity contribution in [2.24, 2.45) is 10.2 Å². The van der Waals surface area contributed by atoms with Crippen LogP contribution in [0.5, 0.6) is 0 Å². The van der Waals surface area contributed by atoms with E-state index in [2.05, 4.69) is 26.2 Å². The lowest BCUT2D eigenvalue weighted by molar-refractivity contribution is -0.122. The van der Waals surface area contributed by atoms with Crippen molar-refractivity contribution in [3.8, 4) is 0 Å². The summed E-state index contributed by atoms with van der Waals surface area (Å²) in [6.07, 6.45) is 0.0196. The van der Waals surface area contributed by atoms with Gasteiger partial charge in [0.1, 0.15) is 5.25 Å². The summed E-state index contributed by atoms with van der Waals surface area (Å²) < 4.78 is 0. The highest BCUT2D eigenvalue weighted by atomic mass is 32.2. The van der Waals surface area contributed by atoms with E-state index in [4.69, 9.17) is 0 Å². The van der Waals surface area contributed by atoms with Crippen molar-refractivity contribution < 1.29 is 14.4 Å². The number of benzene rings is 1. The predicted octanol–water partition coefficient (Wildman–Crippen LogP) is 2.98. The summed E-state index contributed by atoms with van der Waals surface area (Å²) in [6, 6.07) is 7.42. The number of anilines is 1. The molecule has 3 N–H and O–H groups in total. The van der Waals surface area contributed by atoms with Crippen molar-refractivity contribution in [1.29, 1.82) is 0 Å². The lowest BCUT2D eigenvalue weighted by Gasteiger charge is -2.07. The first-order valence-corrected chi connectivity index (χ1v) is 10.2. The van der Waals surface area contributed by atoms with Gasteiger partial charge in [0.05, 0.1) is 4.91 Å². The molecule has 1 aromatic carbocycles. The van der Waals surface area contributed by atoms with Crippen LogP contribution in [0.25, 0.3) is 0 Å². The highest BCUT2D eigenvalue weighted by molar-refractivity contribution is 8.18. The number of carbonyl (C=O) groups excluding carboxylic acids is 3. The van der Waals surface area contributed by atoms with Crippen molar-refractivity contribution in [2.75, 3.05) is 5.32 Å². The Hall–Kier alpha value is -2.59. The number of rotatable bonds is 4. The number of amidine groups is 2. The molecule has 146 valence electrons. The molecule has 0 aromatic heterocycles. The number of hydrogen-bond acceptors (Lipinski definition) is 7. The van der Waals surface area contributed by atoms with Crippen molar-refractivity contribution in [3.05, 3.63) is 40.3 Å². The molecule has 1 aromatic rings. The van der Waals surface area contributed by atoms with Gasteiger partial charge in [-0.15, -0.1) is 10.2 Å². The van der Waals surface area contributed by atoms with Gasteiger partial charge in [-0.1, -0.05) is 35.0 Å². The molecular formula is C18H19N5O3S2. The Bertz CT molecular complexity index is 918. The van der Waals surface area contributed by atoms with Gasteiger partial charge in [-0.25, -0.2) is 0 Å². The Labute approximate surface area is 170 Å². The highest BCUT2D eigenvalue weighted by Gasteiger charge is 2.32. The number of hydrogen-bond donors (Lipinski definition) is 3. The van der Waals surface area contributed by atoms with Crippen LogP contribution in [-0.4, -0.2) is 33.3 Å². The number of nitrogens with zero attached hydrogens (tertiary/aromatic N) is 2. The molecule has 3 amide bonds. The van der Waals surface area contributed by atoms with Gasteiger partial charge in [0.2, 0.25) is 11.8 Å². The van der Waals surface area contributed by atoms with Gasteiger partial charge in [0.25, 0.3) is 5.24 Å². The van der Waals surface area contributed by atoms with Crippen LogP contribution in [-0.2, 0) is 9.59 Å². The van der Waals surface area contributed by atoms with Gasteiger partial charge in [0, 0.05) is 12.1 Å². The summed E-state index contributed by atoms with van der Waals surface area (Å²) in [5.74, 6) is -0.191. The van der Waals surface area contributed by atoms with Crippen LogP contribution in [0.1, 0.15) is 25.8 Å². The van der Waals surface area contributed by atoms with Crippen LogP contribution in [0.15, 0.2) is 44.9 Å². The predicted molar refractivity (Wildman–Crippen MR) is 113 cm³/mol. The first-order valence-electron chi connectivity index (χ1n) is 8.48. The number of carbonyl (C=O) groups is 3. The molecule has 28 heavy (non-hydrogen) atoms. The molecule has 0 aliphatic carbocycles. The fourth-order valence-electron chi connectivity index (χ4n) is 2.43. The van der Waals surface area contributed by atoms with Crippen LogP contribution in [0.2, 0.25) is 0 Å². The van der Waals surface area contributed by atoms with E-state index in [1.807, 2.05) is 45.0 Å². The molecule has 10 heteroatoms. The van der Waals surface area contributed by atoms with E-state index in [1.165, 1.54) is 0 Å². The molecule has 8 nitrogen and oxygen atoms in total. The van der Waals surface area contributed by atoms with Gasteiger partial charge in [-0.05, 0) is 44.7 Å². The third-order valence-corrected chi connectivity index (χ3v) is 5.97. The minimum absolute atomic E-state index is 0.0196. The van der Waals surface area contributed by atoms with Crippen LogP contribution in [0.4, 0.5) is 10.5 Å². The number of amides is 3. The van der Waals surface area contributed by atoms with Gasteiger partial charge < -0.3 is 10.6 Å². The molecule has 0 radical (unpaired) electrons. The molecule has 0 bridgehead atoms. The summed E-state index contributed by atoms with van der Waals surface area (Å²) in [5, 5.41) is 15.6. The summed E-state index contributed by atoms with van der Waals surface area (Å²) >= 11 is 2.20. The second-order valence-electron chi connectivity index (χ2n) is 6.41. The van der Waals surface area contributed by atoms with Gasteiger partial charge >= 0.3 is 0 Å². The normalized spacial score (nSPS) is 21.8. The van der Waals surface area contributed by atoms with Crippen molar-refractivity contribution in [3.63, 3.8) is 0 Å². The van der Waals surface area contributed by atoms with Gasteiger partial charge in [0.15, 0.2) is 11.0 Å². The van der Waals surface area contributed by atoms with Crippen LogP contribution < -0.4 is 16.0 Å². The average Bonchev–Trinajstić information content (AvgIpc) is 3.17. The average molecular weight is 418 g/mol. The van der Waals surface area contributed by atoms with Gasteiger partial charge in [-0.2, -0.15) is 0 Å². The lowest BCUT2D eigenvalue weighted by Crippen LogP contribution is -2.28. The summed E-state index contributed by atoms with van der Waals surface area (Å²) in [7, 11) is 0. The van der Waals surface area contributed by atoms with E-state index in [1.54, 1.807) is 0 Å². The van der Waals surface area contributed by atoms with Crippen molar-refractivity contribution in [1.82, 2.24) is 10.6 Å². The second kappa shape index (κ2) is 8.61. The molecule has 3 rings (SSSR count). The van der Waals surface area contributed by atoms with Crippen LogP contribution in [0.3, 0.4) is 0 Å².